The second-order valence-corrected chi connectivity index (χ2v) is 6.70. The molecule has 0 spiro atoms. The highest BCUT2D eigenvalue weighted by Gasteiger charge is 2.18. The van der Waals surface area contributed by atoms with Crippen LogP contribution in [-0.4, -0.2) is 22.5 Å². The lowest BCUT2D eigenvalue weighted by Crippen LogP contribution is -2.20. The molecule has 0 aliphatic carbocycles. The zero-order valence-electron chi connectivity index (χ0n) is 13.0. The number of para-hydroxylation sites is 1. The molecular weight excluding hydrogens is 327 g/mol. The Morgan fingerprint density at radius 3 is 2.96 bits per heavy atom. The minimum Gasteiger partial charge on any atom is -0.375 e. The third-order valence-electron chi connectivity index (χ3n) is 4.24. The van der Waals surface area contributed by atoms with Crippen LogP contribution >= 0.6 is 11.3 Å². The lowest BCUT2D eigenvalue weighted by Gasteiger charge is -2.22. The lowest BCUT2D eigenvalue weighted by atomic mass is 10.2. The van der Waals surface area contributed by atoms with Crippen LogP contribution in [0, 0.1) is 5.82 Å². The number of rotatable bonds is 4. The molecule has 1 fully saturated rings. The summed E-state index contributed by atoms with van der Waals surface area (Å²) in [5.41, 5.74) is 1.85. The van der Waals surface area contributed by atoms with Crippen molar-refractivity contribution in [3.63, 3.8) is 0 Å². The molecule has 4 rings (SSSR count). The third kappa shape index (κ3) is 2.75. The second kappa shape index (κ2) is 6.24. The molecule has 1 aliphatic heterocycles. The summed E-state index contributed by atoms with van der Waals surface area (Å²) in [6, 6.07) is 6.60. The van der Waals surface area contributed by atoms with Crippen LogP contribution in [0.3, 0.4) is 0 Å². The Morgan fingerprint density at radius 2 is 2.12 bits per heavy atom. The van der Waals surface area contributed by atoms with Gasteiger partial charge in [0.05, 0.1) is 23.6 Å². The number of hydrogen-bond donors (Lipinski definition) is 1. The van der Waals surface area contributed by atoms with Crippen molar-refractivity contribution in [1.82, 2.24) is 9.38 Å². The maximum atomic E-state index is 14.3. The van der Waals surface area contributed by atoms with Gasteiger partial charge in [0.1, 0.15) is 5.82 Å². The van der Waals surface area contributed by atoms with Gasteiger partial charge in [-0.15, -0.1) is 11.3 Å². The number of anilines is 2. The number of thiazole rings is 1. The Kier molecular flexibility index (Phi) is 3.93. The molecule has 0 bridgehead atoms. The van der Waals surface area contributed by atoms with E-state index < -0.39 is 0 Å². The molecule has 0 radical (unpaired) electrons. The van der Waals surface area contributed by atoms with Crippen molar-refractivity contribution in [3.05, 3.63) is 57.7 Å². The summed E-state index contributed by atoms with van der Waals surface area (Å²) in [4.78, 5) is 19.3. The molecule has 24 heavy (non-hydrogen) atoms. The quantitative estimate of drug-likeness (QED) is 0.790. The van der Waals surface area contributed by atoms with Crippen LogP contribution in [-0.2, 0) is 6.54 Å². The molecule has 124 valence electrons. The number of aromatic nitrogens is 2. The lowest BCUT2D eigenvalue weighted by molar-refractivity contribution is 0.629. The number of hydrogen-bond acceptors (Lipinski definition) is 5. The van der Waals surface area contributed by atoms with Gasteiger partial charge in [0.15, 0.2) is 4.96 Å². The van der Waals surface area contributed by atoms with E-state index in [1.807, 2.05) is 11.4 Å². The summed E-state index contributed by atoms with van der Waals surface area (Å²) < 4.78 is 15.8. The van der Waals surface area contributed by atoms with Crippen LogP contribution in [0.1, 0.15) is 18.5 Å². The van der Waals surface area contributed by atoms with Gasteiger partial charge in [0.2, 0.25) is 0 Å². The molecule has 7 heteroatoms. The average molecular weight is 344 g/mol. The van der Waals surface area contributed by atoms with Gasteiger partial charge in [-0.05, 0) is 25.0 Å². The Morgan fingerprint density at radius 1 is 1.29 bits per heavy atom. The highest BCUT2D eigenvalue weighted by atomic mass is 32.1. The molecule has 0 unspecified atom stereocenters. The summed E-state index contributed by atoms with van der Waals surface area (Å²) in [5.74, 6) is -0.284. The number of fused-ring (bicyclic) bond motifs is 1. The van der Waals surface area contributed by atoms with Crippen LogP contribution in [0.5, 0.6) is 0 Å². The summed E-state index contributed by atoms with van der Waals surface area (Å²) >= 11 is 1.41. The molecule has 3 heterocycles. The zero-order chi connectivity index (χ0) is 16.5. The highest BCUT2D eigenvalue weighted by Crippen LogP contribution is 2.31. The maximum Gasteiger partial charge on any atom is 0.258 e. The minimum atomic E-state index is -0.284. The van der Waals surface area contributed by atoms with E-state index in [0.717, 1.165) is 31.6 Å². The van der Waals surface area contributed by atoms with Gasteiger partial charge >= 0.3 is 0 Å². The maximum absolute atomic E-state index is 14.3. The number of benzene rings is 1. The molecule has 1 aromatic carbocycles. The fourth-order valence-electron chi connectivity index (χ4n) is 3.07. The number of nitrogens with zero attached hydrogens (tertiary/aromatic N) is 3. The summed E-state index contributed by atoms with van der Waals surface area (Å²) in [6.45, 7) is 2.20. The SMILES string of the molecule is O=c1cc(CNc2c(F)cccc2N2CCCC2)nc2sccn12. The third-order valence-corrected chi connectivity index (χ3v) is 5.00. The first-order chi connectivity index (χ1) is 11.7. The topological polar surface area (TPSA) is 49.6 Å². The van der Waals surface area contributed by atoms with Gasteiger partial charge in [-0.25, -0.2) is 9.37 Å². The number of nitrogens with one attached hydrogen (secondary N) is 1. The van der Waals surface area contributed by atoms with Crippen LogP contribution in [0.25, 0.3) is 4.96 Å². The van der Waals surface area contributed by atoms with Crippen molar-refractivity contribution in [1.29, 1.82) is 0 Å². The van der Waals surface area contributed by atoms with E-state index in [4.69, 9.17) is 0 Å². The van der Waals surface area contributed by atoms with Gasteiger partial charge in [-0.1, -0.05) is 6.07 Å². The first-order valence-corrected chi connectivity index (χ1v) is 8.83. The molecule has 1 aliphatic rings. The van der Waals surface area contributed by atoms with Crippen molar-refractivity contribution < 1.29 is 4.39 Å². The molecule has 0 atom stereocenters. The van der Waals surface area contributed by atoms with Crippen molar-refractivity contribution in [2.24, 2.45) is 0 Å². The molecule has 1 saturated heterocycles. The van der Waals surface area contributed by atoms with E-state index in [0.29, 0.717) is 22.9 Å². The van der Waals surface area contributed by atoms with E-state index in [9.17, 15) is 9.18 Å². The predicted molar refractivity (Wildman–Crippen MR) is 94.5 cm³/mol. The van der Waals surface area contributed by atoms with Crippen molar-refractivity contribution in [3.8, 4) is 0 Å². The highest BCUT2D eigenvalue weighted by molar-refractivity contribution is 7.15. The van der Waals surface area contributed by atoms with Crippen LogP contribution < -0.4 is 15.8 Å². The Hall–Kier alpha value is -2.41. The Labute approximate surface area is 142 Å². The van der Waals surface area contributed by atoms with E-state index in [1.54, 1.807) is 12.3 Å². The van der Waals surface area contributed by atoms with Gasteiger partial charge in [0, 0.05) is 30.7 Å². The van der Waals surface area contributed by atoms with Gasteiger partial charge < -0.3 is 10.2 Å². The fraction of sp³-hybridized carbons (Fsp3) is 0.294. The Balaban J connectivity index is 1.61. The summed E-state index contributed by atoms with van der Waals surface area (Å²) in [7, 11) is 0. The zero-order valence-corrected chi connectivity index (χ0v) is 13.9. The van der Waals surface area contributed by atoms with Crippen LogP contribution in [0.4, 0.5) is 15.8 Å². The van der Waals surface area contributed by atoms with Gasteiger partial charge in [-0.3, -0.25) is 9.20 Å². The Bertz CT molecular complexity index is 930. The van der Waals surface area contributed by atoms with E-state index >= 15 is 0 Å². The molecule has 0 amide bonds. The standard InChI is InChI=1S/C17H17FN4OS/c18-13-4-3-5-14(21-6-1-2-7-21)16(13)19-11-12-10-15(23)22-8-9-24-17(22)20-12/h3-5,8-10,19H,1-2,6-7,11H2. The minimum absolute atomic E-state index is 0.119. The number of halogens is 1. The first-order valence-electron chi connectivity index (χ1n) is 7.95. The monoisotopic (exact) mass is 344 g/mol. The fourth-order valence-corrected chi connectivity index (χ4v) is 3.81. The molecular formula is C17H17FN4OS. The van der Waals surface area contributed by atoms with Crippen LogP contribution in [0.2, 0.25) is 0 Å². The normalized spacial score (nSPS) is 14.5. The summed E-state index contributed by atoms with van der Waals surface area (Å²) in [6.07, 6.45) is 3.96. The molecule has 3 aromatic rings. The van der Waals surface area contributed by atoms with E-state index in [2.05, 4.69) is 15.2 Å². The van der Waals surface area contributed by atoms with E-state index in [-0.39, 0.29) is 11.4 Å². The van der Waals surface area contributed by atoms with Crippen molar-refractivity contribution >= 4 is 27.7 Å². The smallest absolute Gasteiger partial charge is 0.258 e. The predicted octanol–water partition coefficient (Wildman–Crippen LogP) is 3.11. The van der Waals surface area contributed by atoms with Gasteiger partial charge in [0.25, 0.3) is 5.56 Å². The molecule has 2 aromatic heterocycles. The summed E-state index contributed by atoms with van der Waals surface area (Å²) in [5, 5.41) is 4.96. The van der Waals surface area contributed by atoms with Gasteiger partial charge in [-0.2, -0.15) is 0 Å². The molecule has 1 N–H and O–H groups in total. The largest absolute Gasteiger partial charge is 0.375 e. The van der Waals surface area contributed by atoms with Crippen molar-refractivity contribution in [2.75, 3.05) is 23.3 Å². The first kappa shape index (κ1) is 15.1. The molecule has 0 saturated carbocycles. The molecule has 5 nitrogen and oxygen atoms in total. The van der Waals surface area contributed by atoms with Crippen LogP contribution in [0.15, 0.2) is 40.6 Å². The second-order valence-electron chi connectivity index (χ2n) is 5.82. The van der Waals surface area contributed by atoms with Crippen molar-refractivity contribution in [2.45, 2.75) is 19.4 Å². The van der Waals surface area contributed by atoms with E-state index in [1.165, 1.54) is 27.9 Å². The average Bonchev–Trinajstić information content (AvgIpc) is 3.25.